The van der Waals surface area contributed by atoms with Crippen LogP contribution in [0.2, 0.25) is 0 Å². The van der Waals surface area contributed by atoms with Gasteiger partial charge in [-0.05, 0) is 48.9 Å². The van der Waals surface area contributed by atoms with E-state index in [0.29, 0.717) is 11.4 Å². The number of hydrogen-bond acceptors (Lipinski definition) is 4. The summed E-state index contributed by atoms with van der Waals surface area (Å²) in [7, 11) is 1.66. The number of aryl methyl sites for hydroxylation is 1. The molecule has 0 heterocycles. The van der Waals surface area contributed by atoms with E-state index in [9.17, 15) is 0 Å². The van der Waals surface area contributed by atoms with E-state index in [-0.39, 0.29) is 0 Å². The summed E-state index contributed by atoms with van der Waals surface area (Å²) in [5.41, 5.74) is 15.6. The van der Waals surface area contributed by atoms with Gasteiger partial charge in [0.2, 0.25) is 0 Å². The first kappa shape index (κ1) is 12.1. The first-order valence-electron chi connectivity index (χ1n) is 5.67. The van der Waals surface area contributed by atoms with Crippen molar-refractivity contribution in [2.24, 2.45) is 0 Å². The molecule has 0 fully saturated rings. The molecule has 0 saturated carbocycles. The van der Waals surface area contributed by atoms with E-state index < -0.39 is 0 Å². The zero-order chi connectivity index (χ0) is 13.1. The third-order valence-corrected chi connectivity index (χ3v) is 2.80. The Morgan fingerprint density at radius 1 is 1.00 bits per heavy atom. The number of rotatable bonds is 3. The monoisotopic (exact) mass is 243 g/mol. The predicted molar refractivity (Wildman–Crippen MR) is 76.3 cm³/mol. The molecule has 0 bridgehead atoms. The first-order chi connectivity index (χ1) is 8.60. The highest BCUT2D eigenvalue weighted by Gasteiger charge is 2.02. The zero-order valence-corrected chi connectivity index (χ0v) is 10.5. The fourth-order valence-electron chi connectivity index (χ4n) is 1.71. The molecular weight excluding hydrogens is 226 g/mol. The van der Waals surface area contributed by atoms with Gasteiger partial charge in [-0.15, -0.1) is 0 Å². The van der Waals surface area contributed by atoms with Gasteiger partial charge in [-0.2, -0.15) is 0 Å². The van der Waals surface area contributed by atoms with E-state index in [1.165, 1.54) is 0 Å². The number of ether oxygens (including phenoxy) is 1. The van der Waals surface area contributed by atoms with Crippen molar-refractivity contribution in [2.75, 3.05) is 23.9 Å². The van der Waals surface area contributed by atoms with Gasteiger partial charge in [0, 0.05) is 11.4 Å². The molecule has 18 heavy (non-hydrogen) atoms. The lowest BCUT2D eigenvalue weighted by Gasteiger charge is -2.12. The van der Waals surface area contributed by atoms with Crippen LogP contribution in [-0.2, 0) is 0 Å². The Kier molecular flexibility index (Phi) is 3.28. The van der Waals surface area contributed by atoms with Crippen molar-refractivity contribution in [3.05, 3.63) is 42.0 Å². The van der Waals surface area contributed by atoms with Crippen LogP contribution in [0.3, 0.4) is 0 Å². The number of methoxy groups -OCH3 is 1. The molecule has 2 aromatic carbocycles. The van der Waals surface area contributed by atoms with Gasteiger partial charge in [-0.1, -0.05) is 0 Å². The van der Waals surface area contributed by atoms with E-state index in [4.69, 9.17) is 16.2 Å². The molecule has 0 aliphatic heterocycles. The van der Waals surface area contributed by atoms with Crippen LogP contribution in [0.15, 0.2) is 36.4 Å². The Morgan fingerprint density at radius 3 is 2.39 bits per heavy atom. The predicted octanol–water partition coefficient (Wildman–Crippen LogP) is 2.91. The molecule has 0 amide bonds. The molecule has 2 rings (SSSR count). The van der Waals surface area contributed by atoms with Crippen molar-refractivity contribution in [2.45, 2.75) is 6.92 Å². The van der Waals surface area contributed by atoms with E-state index in [0.717, 1.165) is 22.7 Å². The summed E-state index contributed by atoms with van der Waals surface area (Å²) in [5, 5.41) is 3.30. The third kappa shape index (κ3) is 2.48. The molecule has 0 spiro atoms. The summed E-state index contributed by atoms with van der Waals surface area (Å²) in [5.74, 6) is 0.842. The molecule has 0 atom stereocenters. The Bertz CT molecular complexity index is 567. The second kappa shape index (κ2) is 4.87. The van der Waals surface area contributed by atoms with Gasteiger partial charge < -0.3 is 21.5 Å². The van der Waals surface area contributed by atoms with E-state index in [1.807, 2.05) is 37.3 Å². The Balaban J connectivity index is 2.25. The van der Waals surface area contributed by atoms with Crippen molar-refractivity contribution >= 4 is 22.7 Å². The van der Waals surface area contributed by atoms with Gasteiger partial charge in [0.05, 0.1) is 18.5 Å². The van der Waals surface area contributed by atoms with Gasteiger partial charge in [-0.25, -0.2) is 0 Å². The average molecular weight is 243 g/mol. The zero-order valence-electron chi connectivity index (χ0n) is 10.5. The summed E-state index contributed by atoms with van der Waals surface area (Å²) >= 11 is 0. The SMILES string of the molecule is COc1ccc(Nc2ccc(N)c(N)c2)c(C)c1. The summed E-state index contributed by atoms with van der Waals surface area (Å²) in [6.07, 6.45) is 0. The largest absolute Gasteiger partial charge is 0.497 e. The second-order valence-electron chi connectivity index (χ2n) is 4.15. The smallest absolute Gasteiger partial charge is 0.119 e. The number of benzene rings is 2. The van der Waals surface area contributed by atoms with Crippen molar-refractivity contribution in [3.63, 3.8) is 0 Å². The lowest BCUT2D eigenvalue weighted by molar-refractivity contribution is 0.414. The number of nitrogens with one attached hydrogen (secondary N) is 1. The van der Waals surface area contributed by atoms with Crippen LogP contribution in [-0.4, -0.2) is 7.11 Å². The van der Waals surface area contributed by atoms with Crippen molar-refractivity contribution in [1.82, 2.24) is 0 Å². The van der Waals surface area contributed by atoms with Crippen molar-refractivity contribution in [3.8, 4) is 5.75 Å². The molecular formula is C14H17N3O. The quantitative estimate of drug-likeness (QED) is 0.725. The summed E-state index contributed by atoms with van der Waals surface area (Å²) < 4.78 is 5.17. The number of nitrogen functional groups attached to an aromatic ring is 2. The standard InChI is InChI=1S/C14H17N3O/c1-9-7-11(18-2)4-6-14(9)17-10-3-5-12(15)13(16)8-10/h3-8,17H,15-16H2,1-2H3. The molecule has 4 heteroatoms. The number of hydrogen-bond donors (Lipinski definition) is 3. The Morgan fingerprint density at radius 2 is 1.78 bits per heavy atom. The molecule has 4 nitrogen and oxygen atoms in total. The fraction of sp³-hybridized carbons (Fsp3) is 0.143. The second-order valence-corrected chi connectivity index (χ2v) is 4.15. The maximum absolute atomic E-state index is 5.77. The summed E-state index contributed by atoms with van der Waals surface area (Å²) in [6.45, 7) is 2.02. The highest BCUT2D eigenvalue weighted by molar-refractivity contribution is 5.73. The van der Waals surface area contributed by atoms with Crippen LogP contribution in [0.1, 0.15) is 5.56 Å². The molecule has 0 aliphatic rings. The number of nitrogens with two attached hydrogens (primary N) is 2. The molecule has 0 radical (unpaired) electrons. The molecule has 0 unspecified atom stereocenters. The van der Waals surface area contributed by atoms with Crippen LogP contribution in [0.25, 0.3) is 0 Å². The van der Waals surface area contributed by atoms with Crippen LogP contribution < -0.4 is 21.5 Å². The van der Waals surface area contributed by atoms with Gasteiger partial charge in [-0.3, -0.25) is 0 Å². The molecule has 2 aromatic rings. The van der Waals surface area contributed by atoms with Gasteiger partial charge in [0.25, 0.3) is 0 Å². The molecule has 0 aromatic heterocycles. The maximum atomic E-state index is 5.77. The molecule has 0 aliphatic carbocycles. The van der Waals surface area contributed by atoms with Crippen LogP contribution in [0.4, 0.5) is 22.7 Å². The van der Waals surface area contributed by atoms with E-state index >= 15 is 0 Å². The first-order valence-corrected chi connectivity index (χ1v) is 5.67. The minimum Gasteiger partial charge on any atom is -0.497 e. The van der Waals surface area contributed by atoms with Gasteiger partial charge in [0.1, 0.15) is 5.75 Å². The van der Waals surface area contributed by atoms with Crippen molar-refractivity contribution < 1.29 is 4.74 Å². The average Bonchev–Trinajstić information content (AvgIpc) is 2.36. The normalized spacial score (nSPS) is 10.1. The van der Waals surface area contributed by atoms with E-state index in [2.05, 4.69) is 5.32 Å². The van der Waals surface area contributed by atoms with Crippen molar-refractivity contribution in [1.29, 1.82) is 0 Å². The van der Waals surface area contributed by atoms with Gasteiger partial charge >= 0.3 is 0 Å². The molecule has 5 N–H and O–H groups in total. The van der Waals surface area contributed by atoms with Crippen LogP contribution >= 0.6 is 0 Å². The summed E-state index contributed by atoms with van der Waals surface area (Å²) in [4.78, 5) is 0. The highest BCUT2D eigenvalue weighted by atomic mass is 16.5. The van der Waals surface area contributed by atoms with Gasteiger partial charge in [0.15, 0.2) is 0 Å². The lowest BCUT2D eigenvalue weighted by atomic mass is 10.1. The minimum atomic E-state index is 0.575. The highest BCUT2D eigenvalue weighted by Crippen LogP contribution is 2.27. The van der Waals surface area contributed by atoms with Crippen LogP contribution in [0.5, 0.6) is 5.75 Å². The third-order valence-electron chi connectivity index (χ3n) is 2.80. The molecule has 0 saturated heterocycles. The minimum absolute atomic E-state index is 0.575. The Labute approximate surface area is 107 Å². The lowest BCUT2D eigenvalue weighted by Crippen LogP contribution is -1.98. The number of anilines is 4. The van der Waals surface area contributed by atoms with Crippen LogP contribution in [0, 0.1) is 6.92 Å². The fourth-order valence-corrected chi connectivity index (χ4v) is 1.71. The topological polar surface area (TPSA) is 73.3 Å². The summed E-state index contributed by atoms with van der Waals surface area (Å²) in [6, 6.07) is 11.4. The Hall–Kier alpha value is -2.36. The van der Waals surface area contributed by atoms with E-state index in [1.54, 1.807) is 13.2 Å². The maximum Gasteiger partial charge on any atom is 0.119 e. The molecule has 94 valence electrons.